The van der Waals surface area contributed by atoms with E-state index in [-0.39, 0.29) is 17.2 Å². The number of hydrogen-bond donors (Lipinski definition) is 2. The maximum Gasteiger partial charge on any atom is 0.256 e. The van der Waals surface area contributed by atoms with E-state index >= 15 is 0 Å². The summed E-state index contributed by atoms with van der Waals surface area (Å²) in [5, 5.41) is 6.44. The van der Waals surface area contributed by atoms with Gasteiger partial charge in [0.25, 0.3) is 5.91 Å². The molecule has 2 unspecified atom stereocenters. The molecule has 1 aliphatic heterocycles. The zero-order valence-corrected chi connectivity index (χ0v) is 9.88. The van der Waals surface area contributed by atoms with E-state index in [1.807, 2.05) is 0 Å². The van der Waals surface area contributed by atoms with Gasteiger partial charge in [0, 0.05) is 12.1 Å². The van der Waals surface area contributed by atoms with Crippen molar-refractivity contribution in [2.24, 2.45) is 0 Å². The quantitative estimate of drug-likeness (QED) is 0.832. The monoisotopic (exact) mass is 242 g/mol. The molecule has 0 aliphatic carbocycles. The van der Waals surface area contributed by atoms with Crippen LogP contribution in [0.4, 0.5) is 0 Å². The smallest absolute Gasteiger partial charge is 0.256 e. The lowest BCUT2D eigenvalue weighted by atomic mass is 9.99. The average Bonchev–Trinajstić information content (AvgIpc) is 2.68. The number of halogens is 1. The molecule has 2 atom stereocenters. The first-order valence-electron chi connectivity index (χ1n) is 5.45. The van der Waals surface area contributed by atoms with E-state index in [1.54, 1.807) is 6.07 Å². The fourth-order valence-corrected chi connectivity index (χ4v) is 2.14. The van der Waals surface area contributed by atoms with Crippen LogP contribution in [0.3, 0.4) is 0 Å². The predicted molar refractivity (Wildman–Crippen MR) is 61.7 cm³/mol. The van der Waals surface area contributed by atoms with Crippen molar-refractivity contribution in [1.29, 1.82) is 0 Å². The summed E-state index contributed by atoms with van der Waals surface area (Å²) in [6.45, 7) is 3.08. The van der Waals surface area contributed by atoms with Crippen LogP contribution in [-0.2, 0) is 0 Å². The number of carbonyl (C=O) groups excluding carboxylic acids is 1. The molecule has 1 fully saturated rings. The summed E-state index contributed by atoms with van der Waals surface area (Å²) in [6.07, 6.45) is 3.49. The minimum atomic E-state index is -0.167. The van der Waals surface area contributed by atoms with E-state index in [0.717, 1.165) is 19.4 Å². The summed E-state index contributed by atoms with van der Waals surface area (Å²) in [4.78, 5) is 11.9. The number of carbonyl (C=O) groups is 1. The Kier molecular flexibility index (Phi) is 3.51. The van der Waals surface area contributed by atoms with Gasteiger partial charge in [0.1, 0.15) is 0 Å². The van der Waals surface area contributed by atoms with E-state index in [0.29, 0.717) is 11.6 Å². The van der Waals surface area contributed by atoms with Gasteiger partial charge in [-0.2, -0.15) is 0 Å². The van der Waals surface area contributed by atoms with Crippen molar-refractivity contribution in [3.63, 3.8) is 0 Å². The van der Waals surface area contributed by atoms with Gasteiger partial charge in [-0.1, -0.05) is 0 Å². The highest BCUT2D eigenvalue weighted by atomic mass is 35.5. The van der Waals surface area contributed by atoms with Crippen LogP contribution in [0, 0.1) is 0 Å². The van der Waals surface area contributed by atoms with E-state index in [1.165, 1.54) is 6.26 Å². The number of furan rings is 1. The second-order valence-corrected chi connectivity index (χ2v) is 4.42. The molecule has 1 aromatic rings. The van der Waals surface area contributed by atoms with Crippen LogP contribution in [0.1, 0.15) is 30.1 Å². The van der Waals surface area contributed by atoms with Crippen LogP contribution in [0.15, 0.2) is 16.7 Å². The predicted octanol–water partition coefficient (Wildman–Crippen LogP) is 1.80. The van der Waals surface area contributed by atoms with Gasteiger partial charge < -0.3 is 15.1 Å². The second-order valence-electron chi connectivity index (χ2n) is 4.07. The Morgan fingerprint density at radius 1 is 1.69 bits per heavy atom. The first kappa shape index (κ1) is 11.5. The number of piperidine rings is 1. The van der Waals surface area contributed by atoms with Crippen molar-refractivity contribution in [1.82, 2.24) is 10.6 Å². The van der Waals surface area contributed by atoms with Crippen molar-refractivity contribution >= 4 is 17.5 Å². The van der Waals surface area contributed by atoms with E-state index in [9.17, 15) is 4.79 Å². The summed E-state index contributed by atoms with van der Waals surface area (Å²) in [5.74, 6) is -0.167. The van der Waals surface area contributed by atoms with Gasteiger partial charge in [0.05, 0.1) is 11.8 Å². The Hall–Kier alpha value is -1.00. The Labute approximate surface area is 99.3 Å². The van der Waals surface area contributed by atoms with Crippen molar-refractivity contribution in [3.05, 3.63) is 23.1 Å². The standard InChI is InChI=1S/C11H15ClN2O2/c1-7-9(3-2-5-13-7)14-11(15)8-4-6-16-10(8)12/h4,6-7,9,13H,2-3,5H2,1H3,(H,14,15). The van der Waals surface area contributed by atoms with Crippen LogP contribution in [0.2, 0.25) is 5.22 Å². The lowest BCUT2D eigenvalue weighted by Crippen LogP contribution is -2.51. The molecular weight excluding hydrogens is 228 g/mol. The SMILES string of the molecule is CC1NCCCC1NC(=O)c1ccoc1Cl. The molecule has 16 heavy (non-hydrogen) atoms. The molecule has 4 nitrogen and oxygen atoms in total. The number of hydrogen-bond acceptors (Lipinski definition) is 3. The average molecular weight is 243 g/mol. The van der Waals surface area contributed by atoms with Crippen LogP contribution >= 0.6 is 11.6 Å². The molecule has 88 valence electrons. The third kappa shape index (κ3) is 2.39. The highest BCUT2D eigenvalue weighted by molar-refractivity contribution is 6.32. The van der Waals surface area contributed by atoms with Crippen LogP contribution in [0.5, 0.6) is 0 Å². The molecule has 2 rings (SSSR count). The lowest BCUT2D eigenvalue weighted by Gasteiger charge is -2.30. The summed E-state index contributed by atoms with van der Waals surface area (Å²) in [7, 11) is 0. The third-order valence-corrected chi connectivity index (χ3v) is 3.23. The highest BCUT2D eigenvalue weighted by Crippen LogP contribution is 2.17. The molecule has 0 aromatic carbocycles. The molecule has 0 bridgehead atoms. The summed E-state index contributed by atoms with van der Waals surface area (Å²) >= 11 is 5.75. The van der Waals surface area contributed by atoms with Gasteiger partial charge in [-0.25, -0.2) is 0 Å². The topological polar surface area (TPSA) is 54.3 Å². The first-order chi connectivity index (χ1) is 7.68. The molecular formula is C11H15ClN2O2. The summed E-state index contributed by atoms with van der Waals surface area (Å²) < 4.78 is 4.89. The second kappa shape index (κ2) is 4.89. The molecule has 1 saturated heterocycles. The maximum atomic E-state index is 11.9. The van der Waals surface area contributed by atoms with Gasteiger partial charge in [0.2, 0.25) is 5.22 Å². The van der Waals surface area contributed by atoms with Gasteiger partial charge >= 0.3 is 0 Å². The third-order valence-electron chi connectivity index (χ3n) is 2.94. The van der Waals surface area contributed by atoms with Crippen molar-refractivity contribution in [2.45, 2.75) is 31.8 Å². The highest BCUT2D eigenvalue weighted by Gasteiger charge is 2.24. The van der Waals surface area contributed by atoms with Gasteiger partial charge in [-0.15, -0.1) is 0 Å². The minimum absolute atomic E-state index is 0.147. The molecule has 5 heteroatoms. The Bertz CT molecular complexity index is 378. The molecule has 2 N–H and O–H groups in total. The minimum Gasteiger partial charge on any atom is -0.452 e. The van der Waals surface area contributed by atoms with Crippen molar-refractivity contribution in [3.8, 4) is 0 Å². The zero-order valence-electron chi connectivity index (χ0n) is 9.13. The Morgan fingerprint density at radius 2 is 2.50 bits per heavy atom. The van der Waals surface area contributed by atoms with Gasteiger partial charge in [-0.05, 0) is 44.0 Å². The van der Waals surface area contributed by atoms with Crippen molar-refractivity contribution in [2.75, 3.05) is 6.54 Å². The summed E-state index contributed by atoms with van der Waals surface area (Å²) in [6, 6.07) is 2.04. The van der Waals surface area contributed by atoms with Gasteiger partial charge in [0.15, 0.2) is 0 Å². The zero-order chi connectivity index (χ0) is 11.5. The molecule has 1 aromatic heterocycles. The molecule has 0 spiro atoms. The van der Waals surface area contributed by atoms with Crippen LogP contribution in [-0.4, -0.2) is 24.5 Å². The maximum absolute atomic E-state index is 11.9. The van der Waals surface area contributed by atoms with Crippen molar-refractivity contribution < 1.29 is 9.21 Å². The van der Waals surface area contributed by atoms with Crippen LogP contribution in [0.25, 0.3) is 0 Å². The lowest BCUT2D eigenvalue weighted by molar-refractivity contribution is 0.0919. The number of rotatable bonds is 2. The van der Waals surface area contributed by atoms with E-state index in [2.05, 4.69) is 17.6 Å². The molecule has 0 radical (unpaired) electrons. The number of nitrogens with one attached hydrogen (secondary N) is 2. The normalized spacial score (nSPS) is 25.4. The van der Waals surface area contributed by atoms with Gasteiger partial charge in [-0.3, -0.25) is 4.79 Å². The fraction of sp³-hybridized carbons (Fsp3) is 0.545. The molecule has 1 amide bonds. The fourth-order valence-electron chi connectivity index (χ4n) is 1.94. The molecule has 1 aliphatic rings. The Balaban J connectivity index is 1.99. The summed E-state index contributed by atoms with van der Waals surface area (Å²) in [5.41, 5.74) is 0.402. The molecule has 2 heterocycles. The first-order valence-corrected chi connectivity index (χ1v) is 5.83. The van der Waals surface area contributed by atoms with Crippen LogP contribution < -0.4 is 10.6 Å². The van der Waals surface area contributed by atoms with E-state index in [4.69, 9.17) is 16.0 Å². The Morgan fingerprint density at radius 3 is 3.12 bits per heavy atom. The number of amides is 1. The van der Waals surface area contributed by atoms with E-state index < -0.39 is 0 Å². The molecule has 0 saturated carbocycles. The largest absolute Gasteiger partial charge is 0.452 e.